The minimum Gasteiger partial charge on any atom is -0.473 e. The molecule has 5 nitrogen and oxygen atoms in total. The summed E-state index contributed by atoms with van der Waals surface area (Å²) in [4.78, 5) is 15.6. The highest BCUT2D eigenvalue weighted by Crippen LogP contribution is 2.23. The molecule has 1 aromatic carbocycles. The number of hydrogen-bond donors (Lipinski definition) is 0. The first-order valence-electron chi connectivity index (χ1n) is 8.74. The van der Waals surface area contributed by atoms with Crippen molar-refractivity contribution in [1.82, 2.24) is 4.98 Å². The smallest absolute Gasteiger partial charge is 0.334 e. The van der Waals surface area contributed by atoms with E-state index in [9.17, 15) is 4.79 Å². The van der Waals surface area contributed by atoms with E-state index in [0.717, 1.165) is 11.1 Å². The van der Waals surface area contributed by atoms with Gasteiger partial charge in [-0.25, -0.2) is 9.78 Å². The fraction of sp³-hybridized carbons (Fsp3) is 0.333. The van der Waals surface area contributed by atoms with Crippen molar-refractivity contribution < 1.29 is 19.0 Å². The molecule has 0 aliphatic rings. The van der Waals surface area contributed by atoms with E-state index in [1.54, 1.807) is 26.1 Å². The monoisotopic (exact) mass is 357 g/mol. The number of nitrogens with zero attached hydrogens (tertiary/aromatic N) is 1. The Hall–Kier alpha value is -2.82. The second-order valence-corrected chi connectivity index (χ2v) is 5.17. The lowest BCUT2D eigenvalue weighted by atomic mass is 10.2. The Morgan fingerprint density at radius 2 is 1.88 bits per heavy atom. The number of ether oxygens (including phenoxy) is 3. The van der Waals surface area contributed by atoms with Gasteiger partial charge in [-0.15, -0.1) is 0 Å². The minimum absolute atomic E-state index is 0.330. The summed E-state index contributed by atoms with van der Waals surface area (Å²) in [6, 6.07) is 11.7. The largest absolute Gasteiger partial charge is 0.473 e. The summed E-state index contributed by atoms with van der Waals surface area (Å²) in [6.45, 7) is 10.1. The van der Waals surface area contributed by atoms with Crippen LogP contribution in [0.2, 0.25) is 0 Å². The lowest BCUT2D eigenvalue weighted by molar-refractivity contribution is -0.137. The van der Waals surface area contributed by atoms with Crippen LogP contribution in [0.3, 0.4) is 0 Å². The van der Waals surface area contributed by atoms with Gasteiger partial charge in [0.15, 0.2) is 0 Å². The summed E-state index contributed by atoms with van der Waals surface area (Å²) in [5.41, 5.74) is 1.94. The molecular weight excluding hydrogens is 330 g/mol. The number of benzene rings is 1. The van der Waals surface area contributed by atoms with Crippen molar-refractivity contribution in [2.24, 2.45) is 0 Å². The number of allylic oxidation sites excluding steroid dienone is 1. The Morgan fingerprint density at radius 1 is 1.19 bits per heavy atom. The lowest BCUT2D eigenvalue weighted by Gasteiger charge is -2.11. The molecule has 0 amide bonds. The first-order chi connectivity index (χ1) is 12.6. The van der Waals surface area contributed by atoms with E-state index >= 15 is 0 Å². The third kappa shape index (κ3) is 7.38. The zero-order chi connectivity index (χ0) is 19.4. The van der Waals surface area contributed by atoms with Crippen LogP contribution in [0.15, 0.2) is 54.4 Å². The molecule has 2 rings (SSSR count). The van der Waals surface area contributed by atoms with E-state index in [4.69, 9.17) is 14.2 Å². The second-order valence-electron chi connectivity index (χ2n) is 5.17. The number of esters is 1. The highest BCUT2D eigenvalue weighted by molar-refractivity contribution is 5.82. The maximum atomic E-state index is 11.4. The van der Waals surface area contributed by atoms with Crippen LogP contribution in [0.5, 0.6) is 11.6 Å². The molecule has 0 spiro atoms. The van der Waals surface area contributed by atoms with Gasteiger partial charge in [0.1, 0.15) is 18.1 Å². The van der Waals surface area contributed by atoms with Gasteiger partial charge in [0.25, 0.3) is 0 Å². The zero-order valence-corrected chi connectivity index (χ0v) is 16.1. The first kappa shape index (κ1) is 21.2. The van der Waals surface area contributed by atoms with Crippen LogP contribution in [-0.4, -0.2) is 17.6 Å². The van der Waals surface area contributed by atoms with E-state index in [1.165, 1.54) is 6.08 Å². The molecule has 0 atom stereocenters. The average Bonchev–Trinajstić information content (AvgIpc) is 2.64. The second kappa shape index (κ2) is 11.7. The van der Waals surface area contributed by atoms with Crippen molar-refractivity contribution in [2.75, 3.05) is 6.61 Å². The van der Waals surface area contributed by atoms with Gasteiger partial charge in [-0.2, -0.15) is 0 Å². The summed E-state index contributed by atoms with van der Waals surface area (Å²) in [7, 11) is 0. The maximum absolute atomic E-state index is 11.4. The number of aromatic nitrogens is 1. The SMILES string of the molecule is CC.CCOC(=O)/C=C(\C)Oc1cnc(OCc2ccccc2)cc1C. The normalized spacial score (nSPS) is 10.4. The van der Waals surface area contributed by atoms with E-state index in [2.05, 4.69) is 4.98 Å². The molecule has 0 aliphatic carbocycles. The van der Waals surface area contributed by atoms with Gasteiger partial charge in [0, 0.05) is 6.07 Å². The standard InChI is InChI=1S/C19H21NO4.C2H6/c1-4-22-19(21)11-15(3)24-17-12-20-18(10-14(17)2)23-13-16-8-6-5-7-9-16;1-2/h5-12H,4,13H2,1-3H3;1-2H3/b15-11+;. The molecule has 5 heteroatoms. The number of hydrogen-bond acceptors (Lipinski definition) is 5. The van der Waals surface area contributed by atoms with Crippen molar-refractivity contribution in [3.63, 3.8) is 0 Å². The molecule has 0 bridgehead atoms. The Kier molecular flexibility index (Phi) is 9.54. The van der Waals surface area contributed by atoms with E-state index in [-0.39, 0.29) is 0 Å². The van der Waals surface area contributed by atoms with Gasteiger partial charge in [0.05, 0.1) is 18.9 Å². The first-order valence-corrected chi connectivity index (χ1v) is 8.74. The molecular formula is C21H27NO4. The van der Waals surface area contributed by atoms with Crippen LogP contribution in [-0.2, 0) is 16.1 Å². The zero-order valence-electron chi connectivity index (χ0n) is 16.1. The highest BCUT2D eigenvalue weighted by Gasteiger charge is 2.06. The fourth-order valence-electron chi connectivity index (χ4n) is 1.99. The summed E-state index contributed by atoms with van der Waals surface area (Å²) < 4.78 is 16.1. The van der Waals surface area contributed by atoms with Gasteiger partial charge in [-0.3, -0.25) is 0 Å². The Labute approximate surface area is 155 Å². The van der Waals surface area contributed by atoms with E-state index in [0.29, 0.717) is 30.6 Å². The number of carbonyl (C=O) groups is 1. The summed E-state index contributed by atoms with van der Waals surface area (Å²) in [5, 5.41) is 0. The molecule has 0 saturated carbocycles. The van der Waals surface area contributed by atoms with Gasteiger partial charge >= 0.3 is 5.97 Å². The Morgan fingerprint density at radius 3 is 2.50 bits per heavy atom. The number of pyridine rings is 1. The molecule has 26 heavy (non-hydrogen) atoms. The quantitative estimate of drug-likeness (QED) is 0.403. The topological polar surface area (TPSA) is 57.7 Å². The Balaban J connectivity index is 0.00000163. The predicted molar refractivity (Wildman–Crippen MR) is 102 cm³/mol. The van der Waals surface area contributed by atoms with Gasteiger partial charge in [0.2, 0.25) is 5.88 Å². The third-order valence-electron chi connectivity index (χ3n) is 3.15. The molecule has 1 heterocycles. The van der Waals surface area contributed by atoms with Crippen molar-refractivity contribution in [3.05, 3.63) is 65.6 Å². The van der Waals surface area contributed by atoms with Crippen molar-refractivity contribution >= 4 is 5.97 Å². The Bertz CT molecular complexity index is 711. The third-order valence-corrected chi connectivity index (χ3v) is 3.15. The predicted octanol–water partition coefficient (Wildman–Crippen LogP) is 4.84. The molecule has 1 aromatic heterocycles. The van der Waals surface area contributed by atoms with Gasteiger partial charge in [-0.1, -0.05) is 44.2 Å². The van der Waals surface area contributed by atoms with E-state index < -0.39 is 5.97 Å². The molecule has 2 aromatic rings. The van der Waals surface area contributed by atoms with Crippen LogP contribution in [0.4, 0.5) is 0 Å². The summed E-state index contributed by atoms with van der Waals surface area (Å²) in [5.74, 6) is 1.11. The van der Waals surface area contributed by atoms with Crippen LogP contribution >= 0.6 is 0 Å². The van der Waals surface area contributed by atoms with Crippen LogP contribution in [0.25, 0.3) is 0 Å². The van der Waals surface area contributed by atoms with Crippen molar-refractivity contribution in [2.45, 2.75) is 41.2 Å². The molecule has 0 N–H and O–H groups in total. The average molecular weight is 357 g/mol. The van der Waals surface area contributed by atoms with Crippen LogP contribution in [0.1, 0.15) is 38.8 Å². The van der Waals surface area contributed by atoms with E-state index in [1.807, 2.05) is 51.1 Å². The molecule has 0 fully saturated rings. The van der Waals surface area contributed by atoms with Crippen LogP contribution in [0, 0.1) is 6.92 Å². The number of aryl methyl sites for hydroxylation is 1. The van der Waals surface area contributed by atoms with Crippen molar-refractivity contribution in [1.29, 1.82) is 0 Å². The fourth-order valence-corrected chi connectivity index (χ4v) is 1.99. The molecule has 0 aliphatic heterocycles. The highest BCUT2D eigenvalue weighted by atomic mass is 16.5. The number of carbonyl (C=O) groups excluding carboxylic acids is 1. The molecule has 0 unspecified atom stereocenters. The minimum atomic E-state index is -0.427. The molecule has 0 saturated heterocycles. The lowest BCUT2D eigenvalue weighted by Crippen LogP contribution is -2.04. The van der Waals surface area contributed by atoms with Crippen molar-refractivity contribution in [3.8, 4) is 11.6 Å². The van der Waals surface area contributed by atoms with Gasteiger partial charge < -0.3 is 14.2 Å². The maximum Gasteiger partial charge on any atom is 0.334 e. The molecule has 140 valence electrons. The summed E-state index contributed by atoms with van der Waals surface area (Å²) in [6.07, 6.45) is 2.89. The summed E-state index contributed by atoms with van der Waals surface area (Å²) >= 11 is 0. The van der Waals surface area contributed by atoms with Gasteiger partial charge in [-0.05, 0) is 31.9 Å². The van der Waals surface area contributed by atoms with Crippen LogP contribution < -0.4 is 9.47 Å². The number of rotatable bonds is 7. The molecule has 0 radical (unpaired) electrons.